The number of anilines is 4. The van der Waals surface area contributed by atoms with E-state index in [2.05, 4.69) is 30.7 Å². The summed E-state index contributed by atoms with van der Waals surface area (Å²) >= 11 is 0. The number of nitrogens with zero attached hydrogens (tertiary/aromatic N) is 5. The Morgan fingerprint density at radius 3 is 2.47 bits per heavy atom. The van der Waals surface area contributed by atoms with Gasteiger partial charge in [-0.05, 0) is 26.0 Å². The highest BCUT2D eigenvalue weighted by Crippen LogP contribution is 2.39. The molecule has 2 fully saturated rings. The molecule has 2 amide bonds. The number of hydrogen-bond donors (Lipinski definition) is 3. The van der Waals surface area contributed by atoms with Gasteiger partial charge in [-0.25, -0.2) is 19.6 Å². The summed E-state index contributed by atoms with van der Waals surface area (Å²) < 4.78 is 24.4. The van der Waals surface area contributed by atoms with Gasteiger partial charge in [0, 0.05) is 81.2 Å². The Balaban J connectivity index is 1.32. The molecule has 260 valence electrons. The summed E-state index contributed by atoms with van der Waals surface area (Å²) in [5.41, 5.74) is 4.37. The van der Waals surface area contributed by atoms with Crippen molar-refractivity contribution < 1.29 is 28.5 Å². The van der Waals surface area contributed by atoms with Crippen molar-refractivity contribution in [2.45, 2.75) is 20.0 Å². The zero-order valence-corrected chi connectivity index (χ0v) is 28.5. The Bertz CT molecular complexity index is 1780. The first kappa shape index (κ1) is 34.0. The number of morpholine rings is 2. The van der Waals surface area contributed by atoms with Crippen LogP contribution in [0.5, 0.6) is 5.75 Å². The normalized spacial score (nSPS) is 15.3. The van der Waals surface area contributed by atoms with Crippen LogP contribution in [-0.4, -0.2) is 110 Å². The number of nitrogens with one attached hydrogen (secondary N) is 3. The SMILES string of the molecule is COc1cc(N2CCOCC2)c(NC(=O)NCCN2CCOCC2)cc1Nc1ncc(C(=O)OC(C)C)c(-c2cn(C)c3ccccc23)n1. The molecule has 0 unspecified atom stereocenters. The van der Waals surface area contributed by atoms with Crippen molar-refractivity contribution in [3.63, 3.8) is 0 Å². The highest BCUT2D eigenvalue weighted by atomic mass is 16.5. The van der Waals surface area contributed by atoms with Gasteiger partial charge in [0.05, 0.1) is 62.4 Å². The lowest BCUT2D eigenvalue weighted by Gasteiger charge is -2.31. The van der Waals surface area contributed by atoms with E-state index >= 15 is 0 Å². The minimum atomic E-state index is -0.511. The molecular weight excluding hydrogens is 628 g/mol. The summed E-state index contributed by atoms with van der Waals surface area (Å²) in [5, 5.41) is 10.3. The molecule has 4 heterocycles. The van der Waals surface area contributed by atoms with Gasteiger partial charge in [-0.15, -0.1) is 0 Å². The number of carbonyl (C=O) groups is 2. The number of esters is 1. The molecular formula is C35H44N8O6. The number of urea groups is 1. The van der Waals surface area contributed by atoms with Crippen molar-refractivity contribution >= 4 is 45.9 Å². The second kappa shape index (κ2) is 15.5. The highest BCUT2D eigenvalue weighted by Gasteiger charge is 2.24. The van der Waals surface area contributed by atoms with Crippen molar-refractivity contribution in [2.75, 3.05) is 88.3 Å². The van der Waals surface area contributed by atoms with E-state index in [4.69, 9.17) is 23.9 Å². The molecule has 14 heteroatoms. The molecule has 2 aromatic heterocycles. The molecule has 0 bridgehead atoms. The molecule has 0 spiro atoms. The number of aryl methyl sites for hydroxylation is 1. The molecule has 2 aromatic carbocycles. The summed E-state index contributed by atoms with van der Waals surface area (Å²) in [6, 6.07) is 11.3. The zero-order valence-electron chi connectivity index (χ0n) is 28.5. The molecule has 0 atom stereocenters. The minimum absolute atomic E-state index is 0.238. The molecule has 3 N–H and O–H groups in total. The third-order valence-electron chi connectivity index (χ3n) is 8.49. The van der Waals surface area contributed by atoms with Crippen molar-refractivity contribution in [1.29, 1.82) is 0 Å². The Morgan fingerprint density at radius 2 is 1.73 bits per heavy atom. The van der Waals surface area contributed by atoms with Gasteiger partial charge in [0.2, 0.25) is 5.95 Å². The first-order valence-electron chi connectivity index (χ1n) is 16.6. The molecule has 2 aliphatic rings. The molecule has 14 nitrogen and oxygen atoms in total. The van der Waals surface area contributed by atoms with Crippen LogP contribution < -0.4 is 25.6 Å². The maximum Gasteiger partial charge on any atom is 0.342 e. The van der Waals surface area contributed by atoms with Gasteiger partial charge in [0.1, 0.15) is 11.3 Å². The summed E-state index contributed by atoms with van der Waals surface area (Å²) in [7, 11) is 3.54. The van der Waals surface area contributed by atoms with Gasteiger partial charge in [-0.1, -0.05) is 18.2 Å². The predicted molar refractivity (Wildman–Crippen MR) is 188 cm³/mol. The standard InChI is InChI=1S/C35H44N8O6/c1-23(2)49-33(44)25-21-37-34(40-32(25)26-22-41(3)29-8-6-5-7-24(26)29)38-28-19-27(30(20-31(28)46-4)43-13-17-48-18-14-43)39-35(45)36-9-10-42-11-15-47-16-12-42/h5-8,19-23H,9-18H2,1-4H3,(H2,36,39,45)(H,37,38,40). The Kier molecular flexibility index (Phi) is 10.8. The van der Waals surface area contributed by atoms with E-state index in [-0.39, 0.29) is 23.6 Å². The first-order valence-corrected chi connectivity index (χ1v) is 16.6. The average Bonchev–Trinajstić information content (AvgIpc) is 3.45. The van der Waals surface area contributed by atoms with Gasteiger partial charge in [0.25, 0.3) is 0 Å². The number of methoxy groups -OCH3 is 1. The van der Waals surface area contributed by atoms with Crippen molar-refractivity contribution in [1.82, 2.24) is 24.8 Å². The van der Waals surface area contributed by atoms with E-state index < -0.39 is 5.97 Å². The summed E-state index contributed by atoms with van der Waals surface area (Å²) in [6.45, 7) is 10.4. The lowest BCUT2D eigenvalue weighted by atomic mass is 10.1. The molecule has 0 aliphatic carbocycles. The molecule has 2 aliphatic heterocycles. The number of para-hydroxylation sites is 1. The van der Waals surface area contributed by atoms with E-state index in [1.807, 2.05) is 54.2 Å². The number of benzene rings is 2. The van der Waals surface area contributed by atoms with Crippen LogP contribution in [0.1, 0.15) is 24.2 Å². The minimum Gasteiger partial charge on any atom is -0.494 e. The second-order valence-electron chi connectivity index (χ2n) is 12.2. The van der Waals surface area contributed by atoms with Gasteiger partial charge >= 0.3 is 12.0 Å². The van der Waals surface area contributed by atoms with Crippen LogP contribution in [0.15, 0.2) is 48.8 Å². The fourth-order valence-corrected chi connectivity index (χ4v) is 6.05. The lowest BCUT2D eigenvalue weighted by Crippen LogP contribution is -2.42. The number of aromatic nitrogens is 3. The fourth-order valence-electron chi connectivity index (χ4n) is 6.05. The smallest absolute Gasteiger partial charge is 0.342 e. The van der Waals surface area contributed by atoms with Crippen molar-refractivity contribution in [2.24, 2.45) is 7.05 Å². The summed E-state index contributed by atoms with van der Waals surface area (Å²) in [4.78, 5) is 40.2. The number of rotatable bonds is 11. The Hall–Kier alpha value is -4.92. The highest BCUT2D eigenvalue weighted by molar-refractivity contribution is 6.03. The summed E-state index contributed by atoms with van der Waals surface area (Å²) in [6.07, 6.45) is 3.11. The Labute approximate surface area is 285 Å². The predicted octanol–water partition coefficient (Wildman–Crippen LogP) is 4.24. The third kappa shape index (κ3) is 8.04. The van der Waals surface area contributed by atoms with E-state index in [0.717, 1.165) is 41.8 Å². The molecule has 6 rings (SSSR count). The van der Waals surface area contributed by atoms with E-state index in [9.17, 15) is 9.59 Å². The van der Waals surface area contributed by atoms with Gasteiger partial charge in [-0.2, -0.15) is 0 Å². The van der Waals surface area contributed by atoms with Crippen LogP contribution in [0.3, 0.4) is 0 Å². The maximum atomic E-state index is 13.2. The van der Waals surface area contributed by atoms with Gasteiger partial charge in [0.15, 0.2) is 0 Å². The van der Waals surface area contributed by atoms with Crippen molar-refractivity contribution in [3.8, 4) is 17.0 Å². The molecule has 49 heavy (non-hydrogen) atoms. The average molecular weight is 673 g/mol. The van der Waals surface area contributed by atoms with Crippen LogP contribution in [0.2, 0.25) is 0 Å². The van der Waals surface area contributed by atoms with E-state index in [1.54, 1.807) is 21.0 Å². The summed E-state index contributed by atoms with van der Waals surface area (Å²) in [5.74, 6) is 0.254. The number of carbonyl (C=O) groups excluding carboxylic acids is 2. The molecule has 2 saturated heterocycles. The van der Waals surface area contributed by atoms with Crippen molar-refractivity contribution in [3.05, 3.63) is 54.4 Å². The molecule has 4 aromatic rings. The lowest BCUT2D eigenvalue weighted by molar-refractivity contribution is 0.0377. The van der Waals surface area contributed by atoms with Gasteiger partial charge < -0.3 is 44.4 Å². The van der Waals surface area contributed by atoms with Crippen LogP contribution in [0, 0.1) is 0 Å². The van der Waals surface area contributed by atoms with E-state index in [1.165, 1.54) is 6.20 Å². The quantitative estimate of drug-likeness (QED) is 0.197. The topological polar surface area (TPSA) is 144 Å². The van der Waals surface area contributed by atoms with E-state index in [0.29, 0.717) is 68.9 Å². The second-order valence-corrected chi connectivity index (χ2v) is 12.2. The monoisotopic (exact) mass is 672 g/mol. The third-order valence-corrected chi connectivity index (χ3v) is 8.49. The van der Waals surface area contributed by atoms with Crippen LogP contribution >= 0.6 is 0 Å². The molecule has 0 saturated carbocycles. The number of fused-ring (bicyclic) bond motifs is 1. The van der Waals surface area contributed by atoms with Gasteiger partial charge in [-0.3, -0.25) is 4.90 Å². The van der Waals surface area contributed by atoms with Crippen LogP contribution in [0.25, 0.3) is 22.2 Å². The zero-order chi connectivity index (χ0) is 34.3. The maximum absolute atomic E-state index is 13.2. The number of hydrogen-bond acceptors (Lipinski definition) is 11. The van der Waals surface area contributed by atoms with Crippen LogP contribution in [-0.2, 0) is 21.3 Å². The molecule has 0 radical (unpaired) electrons. The number of ether oxygens (including phenoxy) is 4. The first-order chi connectivity index (χ1) is 23.8. The largest absolute Gasteiger partial charge is 0.494 e. The number of amides is 2. The van der Waals surface area contributed by atoms with Crippen LogP contribution in [0.4, 0.5) is 27.8 Å². The Morgan fingerprint density at radius 1 is 1.00 bits per heavy atom. The fraction of sp³-hybridized carbons (Fsp3) is 0.429.